The van der Waals surface area contributed by atoms with Crippen LogP contribution in [-0.4, -0.2) is 26.7 Å². The standard InChI is InChI=1S/C9H12N2O5S/c1-16-8-3-4-9(11(12)13)7(5-8)6-10-17(2,14)15/h3-5,10H,6H2,1-2H3. The summed E-state index contributed by atoms with van der Waals surface area (Å²) in [4.78, 5) is 10.2. The third-order valence-corrected chi connectivity index (χ3v) is 2.68. The monoisotopic (exact) mass is 260 g/mol. The smallest absolute Gasteiger partial charge is 0.274 e. The lowest BCUT2D eigenvalue weighted by Gasteiger charge is -2.06. The molecule has 0 spiro atoms. The van der Waals surface area contributed by atoms with E-state index in [4.69, 9.17) is 4.74 Å². The van der Waals surface area contributed by atoms with Crippen molar-refractivity contribution < 1.29 is 18.1 Å². The Balaban J connectivity index is 3.05. The summed E-state index contributed by atoms with van der Waals surface area (Å²) in [6.07, 6.45) is 0.985. The Morgan fingerprint density at radius 2 is 2.12 bits per heavy atom. The molecule has 0 aliphatic rings. The summed E-state index contributed by atoms with van der Waals surface area (Å²) in [5, 5.41) is 10.7. The SMILES string of the molecule is COc1ccc([N+](=O)[O-])c(CNS(C)(=O)=O)c1. The van der Waals surface area contributed by atoms with Gasteiger partial charge in [-0.3, -0.25) is 10.1 Å². The van der Waals surface area contributed by atoms with E-state index in [1.54, 1.807) is 0 Å². The Morgan fingerprint density at radius 1 is 1.47 bits per heavy atom. The van der Waals surface area contributed by atoms with Crippen molar-refractivity contribution in [2.24, 2.45) is 0 Å². The van der Waals surface area contributed by atoms with Gasteiger partial charge in [-0.25, -0.2) is 13.1 Å². The first-order valence-electron chi connectivity index (χ1n) is 4.59. The molecule has 1 N–H and O–H groups in total. The molecule has 0 heterocycles. The molecule has 0 aromatic heterocycles. The van der Waals surface area contributed by atoms with Crippen LogP contribution in [0.15, 0.2) is 18.2 Å². The molecule has 94 valence electrons. The van der Waals surface area contributed by atoms with E-state index in [9.17, 15) is 18.5 Å². The molecule has 0 atom stereocenters. The van der Waals surface area contributed by atoms with Crippen LogP contribution in [0.3, 0.4) is 0 Å². The van der Waals surface area contributed by atoms with Gasteiger partial charge in [-0.1, -0.05) is 0 Å². The van der Waals surface area contributed by atoms with Gasteiger partial charge in [0.05, 0.1) is 18.3 Å². The van der Waals surface area contributed by atoms with Gasteiger partial charge in [-0.05, 0) is 12.1 Å². The van der Waals surface area contributed by atoms with E-state index in [2.05, 4.69) is 4.72 Å². The number of nitro groups is 1. The van der Waals surface area contributed by atoms with E-state index in [0.29, 0.717) is 5.75 Å². The Hall–Kier alpha value is -1.67. The molecule has 0 saturated carbocycles. The zero-order valence-electron chi connectivity index (χ0n) is 9.34. The highest BCUT2D eigenvalue weighted by molar-refractivity contribution is 7.88. The van der Waals surface area contributed by atoms with Crippen molar-refractivity contribution in [3.8, 4) is 5.75 Å². The first-order chi connectivity index (χ1) is 7.83. The van der Waals surface area contributed by atoms with Crippen molar-refractivity contribution >= 4 is 15.7 Å². The zero-order valence-corrected chi connectivity index (χ0v) is 10.2. The highest BCUT2D eigenvalue weighted by atomic mass is 32.2. The van der Waals surface area contributed by atoms with Crippen molar-refractivity contribution in [2.45, 2.75) is 6.54 Å². The number of methoxy groups -OCH3 is 1. The molecule has 0 fully saturated rings. The average molecular weight is 260 g/mol. The van der Waals surface area contributed by atoms with Crippen molar-refractivity contribution in [3.05, 3.63) is 33.9 Å². The van der Waals surface area contributed by atoms with E-state index >= 15 is 0 Å². The minimum absolute atomic E-state index is 0.146. The van der Waals surface area contributed by atoms with Gasteiger partial charge in [0.1, 0.15) is 5.75 Å². The molecule has 0 amide bonds. The number of rotatable bonds is 5. The van der Waals surface area contributed by atoms with Crippen molar-refractivity contribution in [2.75, 3.05) is 13.4 Å². The number of hydrogen-bond donors (Lipinski definition) is 1. The fourth-order valence-electron chi connectivity index (χ4n) is 1.22. The highest BCUT2D eigenvalue weighted by Crippen LogP contribution is 2.23. The summed E-state index contributed by atoms with van der Waals surface area (Å²) in [6, 6.07) is 4.15. The van der Waals surface area contributed by atoms with Crippen LogP contribution in [0.2, 0.25) is 0 Å². The predicted molar refractivity (Wildman–Crippen MR) is 61.3 cm³/mol. The number of nitrogens with zero attached hydrogens (tertiary/aromatic N) is 1. The molecule has 1 rings (SSSR count). The van der Waals surface area contributed by atoms with Crippen LogP contribution in [0.25, 0.3) is 0 Å². The molecule has 0 saturated heterocycles. The fraction of sp³-hybridized carbons (Fsp3) is 0.333. The maximum absolute atomic E-state index is 10.9. The lowest BCUT2D eigenvalue weighted by atomic mass is 10.2. The van der Waals surface area contributed by atoms with Crippen molar-refractivity contribution in [1.29, 1.82) is 0 Å². The van der Waals surface area contributed by atoms with Gasteiger partial charge < -0.3 is 4.74 Å². The molecule has 1 aromatic carbocycles. The topological polar surface area (TPSA) is 98.5 Å². The zero-order chi connectivity index (χ0) is 13.1. The first kappa shape index (κ1) is 13.4. The van der Waals surface area contributed by atoms with Gasteiger partial charge in [-0.15, -0.1) is 0 Å². The second-order valence-corrected chi connectivity index (χ2v) is 5.18. The lowest BCUT2D eigenvalue weighted by molar-refractivity contribution is -0.385. The minimum atomic E-state index is -3.40. The molecular formula is C9H12N2O5S. The van der Waals surface area contributed by atoms with Gasteiger partial charge in [-0.2, -0.15) is 0 Å². The van der Waals surface area contributed by atoms with Crippen molar-refractivity contribution in [1.82, 2.24) is 4.72 Å². The van der Waals surface area contributed by atoms with Gasteiger partial charge in [0.15, 0.2) is 0 Å². The summed E-state index contributed by atoms with van der Waals surface area (Å²) in [5.74, 6) is 0.431. The molecular weight excluding hydrogens is 248 g/mol. The Morgan fingerprint density at radius 3 is 2.59 bits per heavy atom. The quantitative estimate of drug-likeness (QED) is 0.619. The third kappa shape index (κ3) is 4.00. The molecule has 17 heavy (non-hydrogen) atoms. The number of nitrogens with one attached hydrogen (secondary N) is 1. The van der Waals surface area contributed by atoms with Crippen LogP contribution in [0.4, 0.5) is 5.69 Å². The van der Waals surface area contributed by atoms with E-state index in [1.165, 1.54) is 25.3 Å². The first-order valence-corrected chi connectivity index (χ1v) is 6.48. The Bertz CT molecular complexity index is 526. The second kappa shape index (κ2) is 5.11. The van der Waals surface area contributed by atoms with Crippen LogP contribution >= 0.6 is 0 Å². The van der Waals surface area contributed by atoms with E-state index < -0.39 is 14.9 Å². The van der Waals surface area contributed by atoms with Gasteiger partial charge >= 0.3 is 0 Å². The van der Waals surface area contributed by atoms with Crippen LogP contribution < -0.4 is 9.46 Å². The number of nitro benzene ring substituents is 1. The summed E-state index contributed by atoms with van der Waals surface area (Å²) >= 11 is 0. The Labute approximate surface area is 98.6 Å². The van der Waals surface area contributed by atoms with Crippen LogP contribution in [0, 0.1) is 10.1 Å². The summed E-state index contributed by atoms with van der Waals surface area (Å²) < 4.78 is 29.0. The minimum Gasteiger partial charge on any atom is -0.497 e. The van der Waals surface area contributed by atoms with Crippen LogP contribution in [0.1, 0.15) is 5.56 Å². The van der Waals surface area contributed by atoms with Crippen LogP contribution in [0.5, 0.6) is 5.75 Å². The molecule has 0 unspecified atom stereocenters. The van der Waals surface area contributed by atoms with E-state index in [-0.39, 0.29) is 17.8 Å². The highest BCUT2D eigenvalue weighted by Gasteiger charge is 2.15. The molecule has 7 nitrogen and oxygen atoms in total. The average Bonchev–Trinajstić information content (AvgIpc) is 2.24. The predicted octanol–water partition coefficient (Wildman–Crippen LogP) is 0.653. The number of sulfonamides is 1. The second-order valence-electron chi connectivity index (χ2n) is 3.35. The maximum atomic E-state index is 10.9. The molecule has 1 aromatic rings. The largest absolute Gasteiger partial charge is 0.497 e. The van der Waals surface area contributed by atoms with E-state index in [1.807, 2.05) is 0 Å². The van der Waals surface area contributed by atoms with Gasteiger partial charge in [0.25, 0.3) is 5.69 Å². The Kier molecular flexibility index (Phi) is 4.02. The normalized spacial score (nSPS) is 11.2. The lowest BCUT2D eigenvalue weighted by Crippen LogP contribution is -2.21. The molecule has 0 aliphatic heterocycles. The number of ether oxygens (including phenoxy) is 1. The fourth-order valence-corrected chi connectivity index (χ4v) is 1.64. The van der Waals surface area contributed by atoms with E-state index in [0.717, 1.165) is 6.26 Å². The molecule has 0 aliphatic carbocycles. The summed E-state index contributed by atoms with van der Waals surface area (Å²) in [7, 11) is -1.97. The molecule has 0 radical (unpaired) electrons. The summed E-state index contributed by atoms with van der Waals surface area (Å²) in [5.41, 5.74) is 0.0988. The van der Waals surface area contributed by atoms with Crippen LogP contribution in [-0.2, 0) is 16.6 Å². The number of benzene rings is 1. The third-order valence-electron chi connectivity index (χ3n) is 2.01. The molecule has 8 heteroatoms. The maximum Gasteiger partial charge on any atom is 0.274 e. The van der Waals surface area contributed by atoms with Gasteiger partial charge in [0.2, 0.25) is 10.0 Å². The number of hydrogen-bond acceptors (Lipinski definition) is 5. The molecule has 0 bridgehead atoms. The van der Waals surface area contributed by atoms with Gasteiger partial charge in [0, 0.05) is 18.2 Å². The summed E-state index contributed by atoms with van der Waals surface area (Å²) in [6.45, 7) is -0.146. The van der Waals surface area contributed by atoms with Crippen molar-refractivity contribution in [3.63, 3.8) is 0 Å².